The zero-order chi connectivity index (χ0) is 10.7. The molecular formula is C10H14ClN3S2. The molecular weight excluding hydrogens is 262 g/mol. The second-order valence-corrected chi connectivity index (χ2v) is 5.60. The number of hydrogen-bond donors (Lipinski definition) is 1. The fourth-order valence-corrected chi connectivity index (χ4v) is 2.93. The Labute approximate surface area is 109 Å². The highest BCUT2D eigenvalue weighted by molar-refractivity contribution is 7.15. The molecule has 3 nitrogen and oxygen atoms in total. The van der Waals surface area contributed by atoms with Crippen LogP contribution in [0.25, 0.3) is 0 Å². The van der Waals surface area contributed by atoms with E-state index >= 15 is 0 Å². The van der Waals surface area contributed by atoms with E-state index in [2.05, 4.69) is 34.4 Å². The van der Waals surface area contributed by atoms with Crippen molar-refractivity contribution in [1.29, 1.82) is 0 Å². The van der Waals surface area contributed by atoms with Crippen molar-refractivity contribution < 1.29 is 0 Å². The van der Waals surface area contributed by atoms with Crippen LogP contribution in [0.15, 0.2) is 23.7 Å². The van der Waals surface area contributed by atoms with E-state index < -0.39 is 0 Å². The van der Waals surface area contributed by atoms with Crippen LogP contribution >= 0.6 is 35.1 Å². The first kappa shape index (κ1) is 13.4. The summed E-state index contributed by atoms with van der Waals surface area (Å²) in [5, 5.41) is 2.75. The Balaban J connectivity index is 0.00000128. The second-order valence-electron chi connectivity index (χ2n) is 3.42. The first-order valence-electron chi connectivity index (χ1n) is 4.65. The van der Waals surface area contributed by atoms with Crippen molar-refractivity contribution in [3.63, 3.8) is 0 Å². The molecule has 2 aromatic heterocycles. The van der Waals surface area contributed by atoms with Gasteiger partial charge in [0.15, 0.2) is 5.13 Å². The van der Waals surface area contributed by atoms with Crippen LogP contribution in [-0.4, -0.2) is 16.9 Å². The normalized spacial score (nSPS) is 10.4. The average Bonchev–Trinajstić information content (AvgIpc) is 2.77. The van der Waals surface area contributed by atoms with E-state index in [1.165, 1.54) is 9.75 Å². The number of rotatable bonds is 4. The maximum atomic E-state index is 5.58. The molecule has 2 N–H and O–H groups in total. The zero-order valence-corrected chi connectivity index (χ0v) is 11.4. The van der Waals surface area contributed by atoms with Crippen LogP contribution in [0.3, 0.4) is 0 Å². The number of halogens is 1. The summed E-state index contributed by atoms with van der Waals surface area (Å²) < 4.78 is 0. The summed E-state index contributed by atoms with van der Waals surface area (Å²) in [6.45, 7) is 1.89. The molecule has 0 saturated carbocycles. The van der Waals surface area contributed by atoms with Gasteiger partial charge in [-0.1, -0.05) is 6.07 Å². The minimum atomic E-state index is 0. The zero-order valence-electron chi connectivity index (χ0n) is 8.92. The number of nitrogens with zero attached hydrogens (tertiary/aromatic N) is 2. The topological polar surface area (TPSA) is 42.2 Å². The molecule has 6 heteroatoms. The van der Waals surface area contributed by atoms with E-state index in [1.54, 1.807) is 22.7 Å². The van der Waals surface area contributed by atoms with Crippen molar-refractivity contribution in [2.75, 3.05) is 12.8 Å². The van der Waals surface area contributed by atoms with Gasteiger partial charge in [0.05, 0.1) is 0 Å². The Kier molecular flexibility index (Phi) is 5.21. The lowest BCUT2D eigenvalue weighted by Crippen LogP contribution is -2.15. The molecule has 0 bridgehead atoms. The maximum Gasteiger partial charge on any atom is 0.180 e. The fraction of sp³-hybridized carbons (Fsp3) is 0.300. The number of thiazole rings is 1. The summed E-state index contributed by atoms with van der Waals surface area (Å²) in [6, 6.07) is 4.24. The predicted octanol–water partition coefficient (Wildman–Crippen LogP) is 2.84. The van der Waals surface area contributed by atoms with Gasteiger partial charge in [0, 0.05) is 29.0 Å². The molecule has 16 heavy (non-hydrogen) atoms. The smallest absolute Gasteiger partial charge is 0.180 e. The average molecular weight is 276 g/mol. The van der Waals surface area contributed by atoms with Crippen LogP contribution in [0, 0.1) is 0 Å². The summed E-state index contributed by atoms with van der Waals surface area (Å²) in [5.74, 6) is 0. The van der Waals surface area contributed by atoms with Crippen LogP contribution in [0.5, 0.6) is 0 Å². The van der Waals surface area contributed by atoms with Crippen molar-refractivity contribution in [3.05, 3.63) is 33.5 Å². The summed E-state index contributed by atoms with van der Waals surface area (Å²) in [7, 11) is 2.11. The molecule has 0 fully saturated rings. The van der Waals surface area contributed by atoms with E-state index in [9.17, 15) is 0 Å². The van der Waals surface area contributed by atoms with Crippen LogP contribution in [0.1, 0.15) is 9.75 Å². The summed E-state index contributed by atoms with van der Waals surface area (Å²) in [5.41, 5.74) is 5.58. The number of nitrogen functional groups attached to an aromatic ring is 1. The van der Waals surface area contributed by atoms with Gasteiger partial charge in [-0.15, -0.1) is 35.1 Å². The highest BCUT2D eigenvalue weighted by Gasteiger charge is 2.04. The Morgan fingerprint density at radius 2 is 2.12 bits per heavy atom. The van der Waals surface area contributed by atoms with Gasteiger partial charge in [0.1, 0.15) is 0 Å². The van der Waals surface area contributed by atoms with Crippen molar-refractivity contribution in [1.82, 2.24) is 9.88 Å². The molecule has 2 heterocycles. The lowest BCUT2D eigenvalue weighted by Gasteiger charge is -2.13. The van der Waals surface area contributed by atoms with Gasteiger partial charge >= 0.3 is 0 Å². The Morgan fingerprint density at radius 3 is 2.69 bits per heavy atom. The Bertz CT molecular complexity index is 413. The van der Waals surface area contributed by atoms with Gasteiger partial charge in [-0.3, -0.25) is 4.90 Å². The minimum Gasteiger partial charge on any atom is -0.375 e. The number of aromatic nitrogens is 1. The number of nitrogens with two attached hydrogens (primary N) is 1. The van der Waals surface area contributed by atoms with Crippen LogP contribution in [0.2, 0.25) is 0 Å². The molecule has 88 valence electrons. The second kappa shape index (κ2) is 6.20. The monoisotopic (exact) mass is 275 g/mol. The summed E-state index contributed by atoms with van der Waals surface area (Å²) >= 11 is 3.35. The third-order valence-corrected chi connectivity index (χ3v) is 3.68. The van der Waals surface area contributed by atoms with Gasteiger partial charge in [0.2, 0.25) is 0 Å². The third-order valence-electron chi connectivity index (χ3n) is 2.00. The van der Waals surface area contributed by atoms with E-state index in [0.717, 1.165) is 13.1 Å². The fourth-order valence-electron chi connectivity index (χ4n) is 1.39. The molecule has 2 rings (SSSR count). The van der Waals surface area contributed by atoms with Crippen LogP contribution < -0.4 is 5.73 Å². The molecule has 0 aliphatic heterocycles. The lowest BCUT2D eigenvalue weighted by atomic mass is 10.4. The number of hydrogen-bond acceptors (Lipinski definition) is 5. The molecule has 0 saturated heterocycles. The SMILES string of the molecule is CN(Cc1cccs1)Cc1cnc(N)s1.Cl. The van der Waals surface area contributed by atoms with Gasteiger partial charge in [0.25, 0.3) is 0 Å². The number of thiophene rings is 1. The molecule has 0 unspecified atom stereocenters. The lowest BCUT2D eigenvalue weighted by molar-refractivity contribution is 0.325. The Hall–Kier alpha value is -0.620. The van der Waals surface area contributed by atoms with Gasteiger partial charge in [-0.25, -0.2) is 4.98 Å². The highest BCUT2D eigenvalue weighted by Crippen LogP contribution is 2.18. The van der Waals surface area contributed by atoms with E-state index in [0.29, 0.717) is 5.13 Å². The van der Waals surface area contributed by atoms with Crippen molar-refractivity contribution in [2.45, 2.75) is 13.1 Å². The predicted molar refractivity (Wildman–Crippen MR) is 73.3 cm³/mol. The first-order valence-corrected chi connectivity index (χ1v) is 6.35. The van der Waals surface area contributed by atoms with Gasteiger partial charge < -0.3 is 5.73 Å². The third kappa shape index (κ3) is 3.75. The van der Waals surface area contributed by atoms with Gasteiger partial charge in [-0.2, -0.15) is 0 Å². The number of anilines is 1. The molecule has 2 aromatic rings. The molecule has 0 amide bonds. The summed E-state index contributed by atoms with van der Waals surface area (Å²) in [4.78, 5) is 8.90. The van der Waals surface area contributed by atoms with Crippen LogP contribution in [0.4, 0.5) is 5.13 Å². The van der Waals surface area contributed by atoms with E-state index in [4.69, 9.17) is 5.73 Å². The molecule has 0 radical (unpaired) electrons. The standard InChI is InChI=1S/C10H13N3S2.ClH/c1-13(6-8-3-2-4-14-8)7-9-5-12-10(11)15-9;/h2-5H,6-7H2,1H3,(H2,11,12);1H. The largest absolute Gasteiger partial charge is 0.375 e. The summed E-state index contributed by atoms with van der Waals surface area (Å²) in [6.07, 6.45) is 1.85. The molecule has 0 atom stereocenters. The molecule has 0 aliphatic rings. The van der Waals surface area contributed by atoms with Crippen molar-refractivity contribution in [3.8, 4) is 0 Å². The molecule has 0 aromatic carbocycles. The van der Waals surface area contributed by atoms with E-state index in [-0.39, 0.29) is 12.4 Å². The first-order chi connectivity index (χ1) is 7.24. The van der Waals surface area contributed by atoms with Crippen molar-refractivity contribution >= 4 is 40.2 Å². The van der Waals surface area contributed by atoms with Crippen LogP contribution in [-0.2, 0) is 13.1 Å². The van der Waals surface area contributed by atoms with Gasteiger partial charge in [-0.05, 0) is 18.5 Å². The molecule has 0 aliphatic carbocycles. The van der Waals surface area contributed by atoms with Crippen molar-refractivity contribution in [2.24, 2.45) is 0 Å². The minimum absolute atomic E-state index is 0. The molecule has 0 spiro atoms. The Morgan fingerprint density at radius 1 is 1.38 bits per heavy atom. The quantitative estimate of drug-likeness (QED) is 0.933. The van der Waals surface area contributed by atoms with E-state index in [1.807, 2.05) is 6.20 Å². The highest BCUT2D eigenvalue weighted by atomic mass is 35.5. The maximum absolute atomic E-state index is 5.58.